The average Bonchev–Trinajstić information content (AvgIpc) is 2.53. The maximum atomic E-state index is 10.9. The third-order valence-electron chi connectivity index (χ3n) is 3.53. The first kappa shape index (κ1) is 13.3. The summed E-state index contributed by atoms with van der Waals surface area (Å²) >= 11 is 0. The van der Waals surface area contributed by atoms with E-state index in [9.17, 15) is 15.1 Å². The van der Waals surface area contributed by atoms with E-state index in [0.29, 0.717) is 5.46 Å². The first-order valence-electron chi connectivity index (χ1n) is 6.56. The van der Waals surface area contributed by atoms with E-state index in [0.717, 1.165) is 21.9 Å². The third-order valence-corrected chi connectivity index (χ3v) is 3.53. The van der Waals surface area contributed by atoms with E-state index in [1.807, 2.05) is 42.5 Å². The highest BCUT2D eigenvalue weighted by Gasteiger charge is 2.14. The van der Waals surface area contributed by atoms with E-state index in [-0.39, 0.29) is 13.2 Å². The van der Waals surface area contributed by atoms with Gasteiger partial charge in [0.05, 0.1) is 4.92 Å². The Balaban J connectivity index is 2.11. The van der Waals surface area contributed by atoms with Gasteiger partial charge < -0.3 is 5.02 Å². The Morgan fingerprint density at radius 1 is 0.905 bits per heavy atom. The summed E-state index contributed by atoms with van der Waals surface area (Å²) in [5.74, 6) is 0. The fourth-order valence-electron chi connectivity index (χ4n) is 2.44. The van der Waals surface area contributed by atoms with Crippen LogP contribution in [0.25, 0.3) is 21.9 Å². The van der Waals surface area contributed by atoms with Gasteiger partial charge in [0.15, 0.2) is 0 Å². The predicted octanol–water partition coefficient (Wildman–Crippen LogP) is 2.38. The van der Waals surface area contributed by atoms with Gasteiger partial charge in [-0.15, -0.1) is 0 Å². The van der Waals surface area contributed by atoms with Gasteiger partial charge in [0.1, 0.15) is 0 Å². The zero-order chi connectivity index (χ0) is 14.8. The van der Waals surface area contributed by atoms with Crippen molar-refractivity contribution in [1.29, 1.82) is 0 Å². The summed E-state index contributed by atoms with van der Waals surface area (Å²) in [4.78, 5) is 10.4. The van der Waals surface area contributed by atoms with Gasteiger partial charge in [0.25, 0.3) is 5.69 Å². The SMILES string of the molecule is O=[N+]([O-])c1ccc(-c2ccc3ccccc3c2)cc1BO. The number of hydrogen-bond acceptors (Lipinski definition) is 3. The Hall–Kier alpha value is -2.66. The molecule has 0 unspecified atom stereocenters. The Bertz CT molecular complexity index is 833. The summed E-state index contributed by atoms with van der Waals surface area (Å²) in [6, 6.07) is 18.9. The van der Waals surface area contributed by atoms with Gasteiger partial charge in [0, 0.05) is 11.5 Å². The maximum absolute atomic E-state index is 10.9. The highest BCUT2D eigenvalue weighted by molar-refractivity contribution is 6.47. The monoisotopic (exact) mass is 277 g/mol. The van der Waals surface area contributed by atoms with Crippen molar-refractivity contribution in [3.8, 4) is 11.1 Å². The summed E-state index contributed by atoms with van der Waals surface area (Å²) in [6.45, 7) is 0. The van der Waals surface area contributed by atoms with Gasteiger partial charge in [0.2, 0.25) is 0 Å². The standard InChI is InChI=1S/C16H12BNO3/c19-17-15-10-14(7-8-16(15)18(20)21)13-6-5-11-3-1-2-4-12(11)9-13/h1-10,17,19H. The van der Waals surface area contributed by atoms with Crippen LogP contribution in [0.4, 0.5) is 5.69 Å². The molecule has 0 spiro atoms. The Morgan fingerprint density at radius 3 is 2.29 bits per heavy atom. The largest absolute Gasteiger partial charge is 0.449 e. The van der Waals surface area contributed by atoms with Gasteiger partial charge in [-0.05, 0) is 34.0 Å². The minimum absolute atomic E-state index is 0.0537. The van der Waals surface area contributed by atoms with Crippen LogP contribution < -0.4 is 5.46 Å². The van der Waals surface area contributed by atoms with Crippen LogP contribution in [0.5, 0.6) is 0 Å². The van der Waals surface area contributed by atoms with E-state index < -0.39 is 4.92 Å². The van der Waals surface area contributed by atoms with Crippen molar-refractivity contribution in [3.05, 3.63) is 70.8 Å². The molecule has 0 aliphatic carbocycles. The normalized spacial score (nSPS) is 10.5. The minimum Gasteiger partial charge on any atom is -0.449 e. The van der Waals surface area contributed by atoms with E-state index in [1.165, 1.54) is 6.07 Å². The third kappa shape index (κ3) is 2.51. The number of hydrogen-bond donors (Lipinski definition) is 1. The summed E-state index contributed by atoms with van der Waals surface area (Å²) in [7, 11) is -0.349. The summed E-state index contributed by atoms with van der Waals surface area (Å²) in [5, 5.41) is 22.5. The van der Waals surface area contributed by atoms with Crippen molar-refractivity contribution in [2.45, 2.75) is 0 Å². The highest BCUT2D eigenvalue weighted by Crippen LogP contribution is 2.25. The summed E-state index contributed by atoms with van der Waals surface area (Å²) in [5.41, 5.74) is 2.10. The second kappa shape index (κ2) is 5.38. The lowest BCUT2D eigenvalue weighted by atomic mass is 9.84. The molecule has 0 atom stereocenters. The smallest absolute Gasteiger partial charge is 0.312 e. The zero-order valence-electron chi connectivity index (χ0n) is 11.2. The van der Waals surface area contributed by atoms with Crippen molar-refractivity contribution in [2.75, 3.05) is 0 Å². The Morgan fingerprint density at radius 2 is 1.57 bits per heavy atom. The van der Waals surface area contributed by atoms with Gasteiger partial charge >= 0.3 is 7.48 Å². The number of fused-ring (bicyclic) bond motifs is 1. The number of nitro benzene ring substituents is 1. The van der Waals surface area contributed by atoms with Crippen LogP contribution in [0.15, 0.2) is 60.7 Å². The Kier molecular flexibility index (Phi) is 3.42. The molecule has 0 heterocycles. The predicted molar refractivity (Wildman–Crippen MR) is 85.0 cm³/mol. The van der Waals surface area contributed by atoms with Crippen LogP contribution in [0, 0.1) is 10.1 Å². The minimum atomic E-state index is -0.476. The van der Waals surface area contributed by atoms with Crippen molar-refractivity contribution < 1.29 is 9.95 Å². The lowest BCUT2D eigenvalue weighted by molar-refractivity contribution is -0.383. The molecular formula is C16H12BNO3. The second-order valence-electron chi connectivity index (χ2n) is 4.82. The van der Waals surface area contributed by atoms with Gasteiger partial charge in [-0.3, -0.25) is 10.1 Å². The fraction of sp³-hybridized carbons (Fsp3) is 0. The number of nitro groups is 1. The van der Waals surface area contributed by atoms with Crippen LogP contribution in [-0.4, -0.2) is 17.4 Å². The van der Waals surface area contributed by atoms with E-state index in [1.54, 1.807) is 12.1 Å². The molecule has 0 saturated carbocycles. The lowest BCUT2D eigenvalue weighted by Gasteiger charge is -2.06. The molecule has 0 radical (unpaired) electrons. The first-order valence-corrected chi connectivity index (χ1v) is 6.56. The number of nitrogens with zero attached hydrogens (tertiary/aromatic N) is 1. The maximum Gasteiger partial charge on any atom is 0.312 e. The zero-order valence-corrected chi connectivity index (χ0v) is 11.2. The van der Waals surface area contributed by atoms with Crippen molar-refractivity contribution in [2.24, 2.45) is 0 Å². The molecular weight excluding hydrogens is 265 g/mol. The van der Waals surface area contributed by atoms with Crippen molar-refractivity contribution >= 4 is 29.4 Å². The molecule has 1 N–H and O–H groups in total. The van der Waals surface area contributed by atoms with Crippen LogP contribution in [0.1, 0.15) is 0 Å². The second-order valence-corrected chi connectivity index (χ2v) is 4.82. The lowest BCUT2D eigenvalue weighted by Crippen LogP contribution is -2.18. The fourth-order valence-corrected chi connectivity index (χ4v) is 2.44. The summed E-state index contributed by atoms with van der Waals surface area (Å²) in [6.07, 6.45) is 0. The van der Waals surface area contributed by atoms with Crippen LogP contribution in [-0.2, 0) is 0 Å². The van der Waals surface area contributed by atoms with Crippen LogP contribution >= 0.6 is 0 Å². The molecule has 21 heavy (non-hydrogen) atoms. The summed E-state index contributed by atoms with van der Waals surface area (Å²) < 4.78 is 0. The van der Waals surface area contributed by atoms with E-state index >= 15 is 0 Å². The van der Waals surface area contributed by atoms with Gasteiger partial charge in [-0.1, -0.05) is 42.5 Å². The average molecular weight is 277 g/mol. The molecule has 5 heteroatoms. The molecule has 0 aliphatic heterocycles. The quantitative estimate of drug-likeness (QED) is 0.454. The molecule has 0 bridgehead atoms. The molecule has 102 valence electrons. The molecule has 0 saturated heterocycles. The molecule has 0 fully saturated rings. The molecule has 3 aromatic rings. The molecule has 0 aromatic heterocycles. The van der Waals surface area contributed by atoms with Gasteiger partial charge in [-0.25, -0.2) is 0 Å². The molecule has 3 rings (SSSR count). The van der Waals surface area contributed by atoms with E-state index in [4.69, 9.17) is 0 Å². The molecule has 4 nitrogen and oxygen atoms in total. The molecule has 3 aromatic carbocycles. The first-order chi connectivity index (χ1) is 10.2. The highest BCUT2D eigenvalue weighted by atomic mass is 16.6. The molecule has 0 amide bonds. The topological polar surface area (TPSA) is 63.4 Å². The number of benzene rings is 3. The van der Waals surface area contributed by atoms with Crippen LogP contribution in [0.3, 0.4) is 0 Å². The number of rotatable bonds is 3. The van der Waals surface area contributed by atoms with E-state index in [2.05, 4.69) is 0 Å². The molecule has 0 aliphatic rings. The Labute approximate surface area is 122 Å². The van der Waals surface area contributed by atoms with Crippen molar-refractivity contribution in [3.63, 3.8) is 0 Å². The van der Waals surface area contributed by atoms with Crippen LogP contribution in [0.2, 0.25) is 0 Å². The van der Waals surface area contributed by atoms with Gasteiger partial charge in [-0.2, -0.15) is 0 Å². The van der Waals surface area contributed by atoms with Crippen molar-refractivity contribution in [1.82, 2.24) is 0 Å².